The molecule has 0 aliphatic heterocycles. The van der Waals surface area contributed by atoms with Gasteiger partial charge >= 0.3 is 0 Å². The predicted molar refractivity (Wildman–Crippen MR) is 41.8 cm³/mol. The molecule has 0 saturated heterocycles. The molecular weight excluding hydrogens is 158 g/mol. The normalized spacial score (nSPS) is 15.6. The minimum Gasteiger partial charge on any atom is -0.396 e. The number of rotatable bonds is 3. The van der Waals surface area contributed by atoms with Crippen molar-refractivity contribution in [2.75, 3.05) is 6.61 Å². The minimum absolute atomic E-state index is 0.0248. The zero-order chi connectivity index (χ0) is 9.03. The molecule has 66 valence electrons. The van der Waals surface area contributed by atoms with E-state index in [1.165, 1.54) is 12.4 Å². The van der Waals surface area contributed by atoms with Gasteiger partial charge in [0.25, 0.3) is 0 Å². The Morgan fingerprint density at radius 2 is 2.00 bits per heavy atom. The average molecular weight is 169 g/mol. The minimum atomic E-state index is -1.63. The summed E-state index contributed by atoms with van der Waals surface area (Å²) in [5.74, 6) is 0.124. The maximum Gasteiger partial charge on any atom is 0.176 e. The van der Waals surface area contributed by atoms with E-state index in [0.717, 1.165) is 0 Å². The van der Waals surface area contributed by atoms with Gasteiger partial charge in [-0.05, 0) is 6.07 Å². The van der Waals surface area contributed by atoms with Gasteiger partial charge in [-0.3, -0.25) is 5.73 Å². The van der Waals surface area contributed by atoms with E-state index in [1.807, 2.05) is 0 Å². The molecule has 1 atom stereocenters. The van der Waals surface area contributed by atoms with Gasteiger partial charge < -0.3 is 10.2 Å². The molecule has 1 heterocycles. The maximum atomic E-state index is 9.48. The van der Waals surface area contributed by atoms with Crippen LogP contribution >= 0.6 is 0 Å². The molecule has 1 unspecified atom stereocenters. The lowest BCUT2D eigenvalue weighted by molar-refractivity contribution is 0.00929. The van der Waals surface area contributed by atoms with E-state index in [9.17, 15) is 5.11 Å². The molecule has 0 aliphatic carbocycles. The summed E-state index contributed by atoms with van der Waals surface area (Å²) in [4.78, 5) is 7.54. The van der Waals surface area contributed by atoms with E-state index in [0.29, 0.717) is 0 Å². The molecule has 5 nitrogen and oxygen atoms in total. The second-order valence-electron chi connectivity index (χ2n) is 2.47. The van der Waals surface area contributed by atoms with Crippen molar-refractivity contribution in [3.05, 3.63) is 24.3 Å². The number of nitrogens with zero attached hydrogens (tertiary/aromatic N) is 2. The van der Waals surface area contributed by atoms with Crippen LogP contribution in [-0.4, -0.2) is 26.8 Å². The summed E-state index contributed by atoms with van der Waals surface area (Å²) in [5.41, 5.74) is 3.79. The Hall–Kier alpha value is -1.04. The largest absolute Gasteiger partial charge is 0.396 e. The molecule has 12 heavy (non-hydrogen) atoms. The Kier molecular flexibility index (Phi) is 2.69. The topological polar surface area (TPSA) is 92.3 Å². The van der Waals surface area contributed by atoms with Crippen LogP contribution in [0.15, 0.2) is 18.5 Å². The highest BCUT2D eigenvalue weighted by atomic mass is 16.3. The first kappa shape index (κ1) is 9.05. The highest BCUT2D eigenvalue weighted by Crippen LogP contribution is 2.12. The van der Waals surface area contributed by atoms with E-state index in [4.69, 9.17) is 10.8 Å². The number of aromatic nitrogens is 2. The summed E-state index contributed by atoms with van der Waals surface area (Å²) < 4.78 is 0. The van der Waals surface area contributed by atoms with Gasteiger partial charge in [-0.15, -0.1) is 0 Å². The van der Waals surface area contributed by atoms with E-state index in [-0.39, 0.29) is 18.9 Å². The molecule has 5 heteroatoms. The fraction of sp³-hybridized carbons (Fsp3) is 0.429. The summed E-state index contributed by atoms with van der Waals surface area (Å²) in [6.45, 7) is -0.203. The highest BCUT2D eigenvalue weighted by molar-refractivity contribution is 4.98. The second-order valence-corrected chi connectivity index (χ2v) is 2.47. The highest BCUT2D eigenvalue weighted by Gasteiger charge is 2.25. The smallest absolute Gasteiger partial charge is 0.176 e. The molecule has 0 fully saturated rings. The van der Waals surface area contributed by atoms with Gasteiger partial charge in [-0.1, -0.05) is 0 Å². The van der Waals surface area contributed by atoms with Crippen molar-refractivity contribution in [1.82, 2.24) is 9.97 Å². The molecule has 4 N–H and O–H groups in total. The molecular formula is C7H11N3O2. The number of hydrogen-bond acceptors (Lipinski definition) is 5. The maximum absolute atomic E-state index is 9.48. The fourth-order valence-corrected chi connectivity index (χ4v) is 0.805. The fourth-order valence-electron chi connectivity index (χ4n) is 0.805. The Balaban J connectivity index is 2.82. The quantitative estimate of drug-likeness (QED) is 0.503. The van der Waals surface area contributed by atoms with E-state index in [1.54, 1.807) is 6.07 Å². The predicted octanol–water partition coefficient (Wildman–Crippen LogP) is -1.04. The van der Waals surface area contributed by atoms with Gasteiger partial charge in [0.1, 0.15) is 0 Å². The van der Waals surface area contributed by atoms with Gasteiger partial charge in [0.2, 0.25) is 0 Å². The average Bonchev–Trinajstić information content (AvgIpc) is 2.06. The SMILES string of the molecule is NC(O)(CCO)c1ncccn1. The third-order valence-corrected chi connectivity index (χ3v) is 1.45. The summed E-state index contributed by atoms with van der Waals surface area (Å²) in [5, 5.41) is 18.0. The van der Waals surface area contributed by atoms with Crippen molar-refractivity contribution >= 4 is 0 Å². The molecule has 0 spiro atoms. The Labute approximate surface area is 69.9 Å². The van der Waals surface area contributed by atoms with Gasteiger partial charge in [-0.25, -0.2) is 9.97 Å². The first-order valence-corrected chi connectivity index (χ1v) is 3.56. The van der Waals surface area contributed by atoms with Crippen LogP contribution in [0.4, 0.5) is 0 Å². The molecule has 1 aromatic rings. The zero-order valence-corrected chi connectivity index (χ0v) is 6.51. The Morgan fingerprint density at radius 3 is 2.50 bits per heavy atom. The van der Waals surface area contributed by atoms with Crippen molar-refractivity contribution in [3.63, 3.8) is 0 Å². The van der Waals surface area contributed by atoms with Crippen molar-refractivity contribution < 1.29 is 10.2 Å². The standard InChI is InChI=1S/C7H11N3O2/c8-7(12,2-5-11)6-9-3-1-4-10-6/h1,3-4,11-12H,2,5,8H2. The van der Waals surface area contributed by atoms with Crippen molar-refractivity contribution in [2.24, 2.45) is 5.73 Å². The molecule has 0 aromatic carbocycles. The number of hydrogen-bond donors (Lipinski definition) is 3. The number of nitrogens with two attached hydrogens (primary N) is 1. The van der Waals surface area contributed by atoms with Crippen molar-refractivity contribution in [2.45, 2.75) is 12.1 Å². The van der Waals surface area contributed by atoms with Crippen LogP contribution in [0, 0.1) is 0 Å². The van der Waals surface area contributed by atoms with Crippen LogP contribution in [0.2, 0.25) is 0 Å². The van der Waals surface area contributed by atoms with Crippen LogP contribution in [0.25, 0.3) is 0 Å². The number of aliphatic hydroxyl groups is 2. The lowest BCUT2D eigenvalue weighted by atomic mass is 10.1. The monoisotopic (exact) mass is 169 g/mol. The molecule has 0 bridgehead atoms. The zero-order valence-electron chi connectivity index (χ0n) is 6.51. The summed E-state index contributed by atoms with van der Waals surface area (Å²) in [6.07, 6.45) is 2.99. The van der Waals surface area contributed by atoms with Gasteiger partial charge in [0.15, 0.2) is 11.5 Å². The second kappa shape index (κ2) is 3.57. The van der Waals surface area contributed by atoms with Crippen molar-refractivity contribution in [1.29, 1.82) is 0 Å². The molecule has 0 saturated carbocycles. The first-order valence-electron chi connectivity index (χ1n) is 3.56. The van der Waals surface area contributed by atoms with E-state index < -0.39 is 5.72 Å². The Bertz CT molecular complexity index is 238. The van der Waals surface area contributed by atoms with Crippen LogP contribution in [0.5, 0.6) is 0 Å². The summed E-state index contributed by atoms with van der Waals surface area (Å²) >= 11 is 0. The summed E-state index contributed by atoms with van der Waals surface area (Å²) in [6, 6.07) is 1.62. The van der Waals surface area contributed by atoms with Crippen molar-refractivity contribution in [3.8, 4) is 0 Å². The van der Waals surface area contributed by atoms with Crippen LogP contribution in [-0.2, 0) is 5.72 Å². The van der Waals surface area contributed by atoms with Crippen LogP contribution in [0.3, 0.4) is 0 Å². The third-order valence-electron chi connectivity index (χ3n) is 1.45. The molecule has 0 aliphatic rings. The van der Waals surface area contributed by atoms with Crippen LogP contribution in [0.1, 0.15) is 12.2 Å². The molecule has 1 aromatic heterocycles. The molecule has 1 rings (SSSR count). The van der Waals surface area contributed by atoms with E-state index in [2.05, 4.69) is 9.97 Å². The lowest BCUT2D eigenvalue weighted by Gasteiger charge is -2.19. The van der Waals surface area contributed by atoms with Gasteiger partial charge in [0.05, 0.1) is 0 Å². The molecule has 0 radical (unpaired) electrons. The van der Waals surface area contributed by atoms with Gasteiger partial charge in [-0.2, -0.15) is 0 Å². The third kappa shape index (κ3) is 1.97. The molecule has 0 amide bonds. The van der Waals surface area contributed by atoms with Gasteiger partial charge in [0, 0.05) is 25.4 Å². The lowest BCUT2D eigenvalue weighted by Crippen LogP contribution is -2.39. The Morgan fingerprint density at radius 1 is 1.42 bits per heavy atom. The van der Waals surface area contributed by atoms with E-state index >= 15 is 0 Å². The first-order chi connectivity index (χ1) is 5.67. The van der Waals surface area contributed by atoms with Crippen LogP contribution < -0.4 is 5.73 Å². The number of aliphatic hydroxyl groups excluding tert-OH is 1. The summed E-state index contributed by atoms with van der Waals surface area (Å²) in [7, 11) is 0.